The standard InChI is InChI=1S/C32H14N6/c33-13-19(14-34)27-21-7-5-17-3-1-9-37-31(17)29(21)25-12-26-24(11-23(25)27)28(20(15-35)16-36)22-8-6-18-4-2-10-38-32(18)30(22)26/h1-9,11-12,38H,10H2. The highest BCUT2D eigenvalue weighted by Crippen LogP contribution is 2.56. The Morgan fingerprint density at radius 2 is 1.34 bits per heavy atom. The SMILES string of the molecule is N#CC(C#N)=C1c2cc3c(cc2-c2c1ccc1c2NCC=C1)-c1c(ccc2cccnc12)C3=C(C#N)C#N. The van der Waals surface area contributed by atoms with Crippen molar-refractivity contribution in [1.29, 1.82) is 21.0 Å². The molecule has 1 aliphatic heterocycles. The van der Waals surface area contributed by atoms with Gasteiger partial charge in [0.05, 0.1) is 11.2 Å². The summed E-state index contributed by atoms with van der Waals surface area (Å²) in [6.45, 7) is 0.671. The first-order valence-electron chi connectivity index (χ1n) is 11.9. The lowest BCUT2D eigenvalue weighted by Gasteiger charge is -2.18. The number of hydrogen-bond donors (Lipinski definition) is 1. The number of pyridine rings is 1. The zero-order valence-electron chi connectivity index (χ0n) is 19.8. The van der Waals surface area contributed by atoms with Gasteiger partial charge >= 0.3 is 0 Å². The van der Waals surface area contributed by atoms with Crippen LogP contribution in [0.1, 0.15) is 27.8 Å². The van der Waals surface area contributed by atoms with Crippen LogP contribution in [0.4, 0.5) is 5.69 Å². The van der Waals surface area contributed by atoms with Crippen molar-refractivity contribution in [2.75, 3.05) is 11.9 Å². The quantitative estimate of drug-likeness (QED) is 0.253. The minimum atomic E-state index is 0.00578. The van der Waals surface area contributed by atoms with E-state index in [2.05, 4.69) is 52.8 Å². The van der Waals surface area contributed by atoms with Crippen molar-refractivity contribution in [3.63, 3.8) is 0 Å². The number of aromatic nitrogens is 1. The fourth-order valence-electron chi connectivity index (χ4n) is 5.94. The summed E-state index contributed by atoms with van der Waals surface area (Å²) in [5, 5.41) is 44.0. The fraction of sp³-hybridized carbons (Fsp3) is 0.0312. The van der Waals surface area contributed by atoms with Gasteiger partial charge in [0.2, 0.25) is 0 Å². The molecule has 3 aliphatic rings. The molecule has 0 amide bonds. The minimum Gasteiger partial charge on any atom is -0.381 e. The topological polar surface area (TPSA) is 120 Å². The second kappa shape index (κ2) is 7.78. The summed E-state index contributed by atoms with van der Waals surface area (Å²) in [6, 6.07) is 24.0. The first-order valence-corrected chi connectivity index (χ1v) is 11.9. The van der Waals surface area contributed by atoms with E-state index in [9.17, 15) is 21.0 Å². The van der Waals surface area contributed by atoms with Crippen LogP contribution >= 0.6 is 0 Å². The Morgan fingerprint density at radius 1 is 0.711 bits per heavy atom. The van der Waals surface area contributed by atoms with Gasteiger partial charge in [0, 0.05) is 40.4 Å². The Balaban J connectivity index is 1.67. The second-order valence-corrected chi connectivity index (χ2v) is 9.19. The van der Waals surface area contributed by atoms with Gasteiger partial charge in [0.1, 0.15) is 35.4 Å². The molecule has 0 unspecified atom stereocenters. The Bertz CT molecular complexity index is 2030. The maximum atomic E-state index is 9.89. The van der Waals surface area contributed by atoms with Gasteiger partial charge in [-0.2, -0.15) is 21.0 Å². The third-order valence-corrected chi connectivity index (χ3v) is 7.43. The molecular formula is C32H14N6. The van der Waals surface area contributed by atoms with Gasteiger partial charge < -0.3 is 5.32 Å². The fourth-order valence-corrected chi connectivity index (χ4v) is 5.94. The molecular weight excluding hydrogens is 468 g/mol. The predicted octanol–water partition coefficient (Wildman–Crippen LogP) is 6.33. The Hall–Kier alpha value is -5.95. The minimum absolute atomic E-state index is 0.00578. The van der Waals surface area contributed by atoms with Crippen molar-refractivity contribution in [1.82, 2.24) is 4.98 Å². The van der Waals surface area contributed by atoms with Crippen molar-refractivity contribution in [2.45, 2.75) is 0 Å². The summed E-state index contributed by atoms with van der Waals surface area (Å²) in [6.07, 6.45) is 5.86. The Labute approximate surface area is 217 Å². The Kier molecular flexibility index (Phi) is 4.37. The molecule has 2 heterocycles. The summed E-state index contributed by atoms with van der Waals surface area (Å²) in [4.78, 5) is 4.67. The number of nitriles is 4. The van der Waals surface area contributed by atoms with Crippen LogP contribution in [-0.4, -0.2) is 11.5 Å². The van der Waals surface area contributed by atoms with Crippen molar-refractivity contribution in [3.8, 4) is 46.5 Å². The lowest BCUT2D eigenvalue weighted by Crippen LogP contribution is -2.06. The van der Waals surface area contributed by atoms with Crippen LogP contribution in [-0.2, 0) is 0 Å². The average molecular weight is 483 g/mol. The van der Waals surface area contributed by atoms with Gasteiger partial charge in [-0.25, -0.2) is 0 Å². The first kappa shape index (κ1) is 21.3. The molecule has 0 saturated carbocycles. The van der Waals surface area contributed by atoms with E-state index in [4.69, 9.17) is 0 Å². The van der Waals surface area contributed by atoms with Gasteiger partial charge in [-0.15, -0.1) is 0 Å². The molecule has 0 bridgehead atoms. The van der Waals surface area contributed by atoms with E-state index >= 15 is 0 Å². The molecule has 1 aromatic heterocycles. The van der Waals surface area contributed by atoms with Crippen LogP contribution in [0.3, 0.4) is 0 Å². The molecule has 3 aromatic carbocycles. The third-order valence-electron chi connectivity index (χ3n) is 7.43. The van der Waals surface area contributed by atoms with Crippen LogP contribution in [0.25, 0.3) is 50.4 Å². The zero-order chi connectivity index (χ0) is 26.0. The molecule has 7 rings (SSSR count). The molecule has 6 heteroatoms. The van der Waals surface area contributed by atoms with Crippen LogP contribution < -0.4 is 5.32 Å². The highest BCUT2D eigenvalue weighted by molar-refractivity contribution is 6.16. The molecule has 0 fully saturated rings. The number of nitrogens with one attached hydrogen (secondary N) is 1. The summed E-state index contributed by atoms with van der Waals surface area (Å²) >= 11 is 0. The van der Waals surface area contributed by atoms with E-state index in [0.29, 0.717) is 17.7 Å². The van der Waals surface area contributed by atoms with Crippen LogP contribution in [0.15, 0.2) is 72.0 Å². The average Bonchev–Trinajstić information content (AvgIpc) is 3.46. The van der Waals surface area contributed by atoms with E-state index < -0.39 is 0 Å². The molecule has 6 nitrogen and oxygen atoms in total. The van der Waals surface area contributed by atoms with Crippen molar-refractivity contribution < 1.29 is 0 Å². The maximum Gasteiger partial charge on any atom is 0.138 e. The van der Waals surface area contributed by atoms with Gasteiger partial charge in [0.25, 0.3) is 0 Å². The predicted molar refractivity (Wildman–Crippen MR) is 145 cm³/mol. The van der Waals surface area contributed by atoms with E-state index in [1.807, 2.05) is 42.5 Å². The van der Waals surface area contributed by atoms with Gasteiger partial charge in [-0.05, 0) is 57.1 Å². The smallest absolute Gasteiger partial charge is 0.138 e. The zero-order valence-corrected chi connectivity index (χ0v) is 19.8. The van der Waals surface area contributed by atoms with E-state index in [0.717, 1.165) is 66.7 Å². The normalized spacial score (nSPS) is 13.1. The van der Waals surface area contributed by atoms with E-state index in [1.165, 1.54) is 0 Å². The van der Waals surface area contributed by atoms with Crippen molar-refractivity contribution in [3.05, 3.63) is 99.8 Å². The summed E-state index contributed by atoms with van der Waals surface area (Å²) in [5.74, 6) is 0. The molecule has 0 radical (unpaired) electrons. The molecule has 38 heavy (non-hydrogen) atoms. The highest BCUT2D eigenvalue weighted by atomic mass is 14.9. The Morgan fingerprint density at radius 3 is 2.05 bits per heavy atom. The molecule has 172 valence electrons. The summed E-state index contributed by atoms with van der Waals surface area (Å²) in [7, 11) is 0. The lowest BCUT2D eigenvalue weighted by molar-refractivity contribution is 1.31. The van der Waals surface area contributed by atoms with Gasteiger partial charge in [-0.3, -0.25) is 4.98 Å². The molecule has 2 aliphatic carbocycles. The molecule has 0 spiro atoms. The first-order chi connectivity index (χ1) is 18.7. The number of benzene rings is 3. The monoisotopic (exact) mass is 482 g/mol. The largest absolute Gasteiger partial charge is 0.381 e. The number of anilines is 1. The highest BCUT2D eigenvalue weighted by Gasteiger charge is 2.36. The van der Waals surface area contributed by atoms with Crippen LogP contribution in [0, 0.1) is 45.3 Å². The van der Waals surface area contributed by atoms with Crippen LogP contribution in [0.5, 0.6) is 0 Å². The van der Waals surface area contributed by atoms with Crippen molar-refractivity contribution >= 4 is 33.8 Å². The molecule has 0 atom stereocenters. The van der Waals surface area contributed by atoms with Gasteiger partial charge in [-0.1, -0.05) is 42.5 Å². The molecule has 4 aromatic rings. The maximum absolute atomic E-state index is 9.89. The number of allylic oxidation sites excluding steroid dienone is 2. The second-order valence-electron chi connectivity index (χ2n) is 9.19. The summed E-state index contributed by atoms with van der Waals surface area (Å²) < 4.78 is 0. The van der Waals surface area contributed by atoms with E-state index in [-0.39, 0.29) is 11.1 Å². The third kappa shape index (κ3) is 2.64. The number of fused-ring (bicyclic) bond motifs is 10. The number of rotatable bonds is 0. The number of hydrogen-bond acceptors (Lipinski definition) is 6. The van der Waals surface area contributed by atoms with E-state index in [1.54, 1.807) is 6.20 Å². The molecule has 1 N–H and O–H groups in total. The van der Waals surface area contributed by atoms with Crippen molar-refractivity contribution in [2.24, 2.45) is 0 Å². The lowest BCUT2D eigenvalue weighted by atomic mass is 9.92. The van der Waals surface area contributed by atoms with Crippen LogP contribution in [0.2, 0.25) is 0 Å². The summed E-state index contributed by atoms with van der Waals surface area (Å²) in [5.41, 5.74) is 10.5. The molecule has 0 saturated heterocycles. The number of nitrogens with zero attached hydrogens (tertiary/aromatic N) is 5. The van der Waals surface area contributed by atoms with Gasteiger partial charge in [0.15, 0.2) is 0 Å².